The summed E-state index contributed by atoms with van der Waals surface area (Å²) in [5, 5.41) is 11.3. The molecule has 1 saturated heterocycles. The summed E-state index contributed by atoms with van der Waals surface area (Å²) >= 11 is 0. The van der Waals surface area contributed by atoms with Crippen molar-refractivity contribution in [2.45, 2.75) is 20.3 Å². The quantitative estimate of drug-likeness (QED) is 0.751. The summed E-state index contributed by atoms with van der Waals surface area (Å²) in [6.45, 7) is 6.61. The fraction of sp³-hybridized carbons (Fsp3) is 0.333. The zero-order valence-corrected chi connectivity index (χ0v) is 14.7. The number of rotatable bonds is 2. The predicted octanol–water partition coefficient (Wildman–Crippen LogP) is 4.48. The van der Waals surface area contributed by atoms with Gasteiger partial charge in [0.25, 0.3) is 0 Å². The van der Waals surface area contributed by atoms with Crippen molar-refractivity contribution in [2.24, 2.45) is 11.8 Å². The van der Waals surface area contributed by atoms with Crippen molar-refractivity contribution in [1.29, 1.82) is 0 Å². The van der Waals surface area contributed by atoms with Crippen molar-refractivity contribution in [1.82, 2.24) is 9.97 Å². The summed E-state index contributed by atoms with van der Waals surface area (Å²) in [5.41, 5.74) is 1.59. The lowest BCUT2D eigenvalue weighted by molar-refractivity contribution is 0.356. The van der Waals surface area contributed by atoms with E-state index in [1.165, 1.54) is 6.42 Å². The Kier molecular flexibility index (Phi) is 4.04. The zero-order chi connectivity index (χ0) is 17.4. The highest BCUT2D eigenvalue weighted by Crippen LogP contribution is 2.33. The minimum atomic E-state index is 0.212. The normalized spacial score (nSPS) is 20.8. The monoisotopic (exact) mass is 333 g/mol. The lowest BCUT2D eigenvalue weighted by atomic mass is 9.92. The van der Waals surface area contributed by atoms with Gasteiger partial charge in [0.15, 0.2) is 5.82 Å². The molecule has 0 amide bonds. The third kappa shape index (κ3) is 3.04. The summed E-state index contributed by atoms with van der Waals surface area (Å²) in [7, 11) is 0. The number of nitrogens with zero attached hydrogens (tertiary/aromatic N) is 3. The van der Waals surface area contributed by atoms with Gasteiger partial charge in [0.1, 0.15) is 11.6 Å². The molecule has 2 aromatic carbocycles. The Balaban J connectivity index is 1.89. The molecule has 1 aliphatic heterocycles. The van der Waals surface area contributed by atoms with E-state index in [1.807, 2.05) is 36.4 Å². The van der Waals surface area contributed by atoms with Gasteiger partial charge in [0, 0.05) is 18.5 Å². The summed E-state index contributed by atoms with van der Waals surface area (Å²) in [6, 6.07) is 15.4. The number of hydrogen-bond acceptors (Lipinski definition) is 4. The molecule has 0 spiro atoms. The second-order valence-electron chi connectivity index (χ2n) is 7.26. The second-order valence-corrected chi connectivity index (χ2v) is 7.26. The van der Waals surface area contributed by atoms with E-state index in [0.717, 1.165) is 29.8 Å². The van der Waals surface area contributed by atoms with E-state index in [9.17, 15) is 5.11 Å². The van der Waals surface area contributed by atoms with E-state index in [1.54, 1.807) is 6.07 Å². The van der Waals surface area contributed by atoms with Gasteiger partial charge in [-0.25, -0.2) is 9.97 Å². The number of aromatic nitrogens is 2. The molecule has 0 unspecified atom stereocenters. The molecule has 1 fully saturated rings. The molecule has 4 rings (SSSR count). The van der Waals surface area contributed by atoms with E-state index in [2.05, 4.69) is 24.8 Å². The Morgan fingerprint density at radius 2 is 1.60 bits per heavy atom. The summed E-state index contributed by atoms with van der Waals surface area (Å²) in [6.07, 6.45) is 1.26. The lowest BCUT2D eigenvalue weighted by Crippen LogP contribution is -2.39. The molecule has 2 heterocycles. The van der Waals surface area contributed by atoms with Crippen LogP contribution in [0, 0.1) is 11.8 Å². The van der Waals surface area contributed by atoms with Crippen LogP contribution in [0.15, 0.2) is 48.5 Å². The van der Waals surface area contributed by atoms with Crippen LogP contribution in [0.2, 0.25) is 0 Å². The van der Waals surface area contributed by atoms with Crippen LogP contribution >= 0.6 is 0 Å². The van der Waals surface area contributed by atoms with Gasteiger partial charge in [0.2, 0.25) is 0 Å². The zero-order valence-electron chi connectivity index (χ0n) is 14.7. The molecule has 1 aliphatic rings. The van der Waals surface area contributed by atoms with E-state index in [-0.39, 0.29) is 5.75 Å². The molecule has 0 radical (unpaired) electrons. The van der Waals surface area contributed by atoms with Crippen LogP contribution in [0.3, 0.4) is 0 Å². The first-order chi connectivity index (χ1) is 12.1. The number of aromatic hydroxyl groups is 1. The number of fused-ring (bicyclic) bond motifs is 1. The van der Waals surface area contributed by atoms with Gasteiger partial charge in [-0.1, -0.05) is 38.1 Å². The number of piperidine rings is 1. The van der Waals surface area contributed by atoms with E-state index in [0.29, 0.717) is 23.2 Å². The Bertz CT molecular complexity index is 899. The van der Waals surface area contributed by atoms with Gasteiger partial charge >= 0.3 is 0 Å². The lowest BCUT2D eigenvalue weighted by Gasteiger charge is -2.36. The van der Waals surface area contributed by atoms with Crippen LogP contribution in [0.5, 0.6) is 5.75 Å². The van der Waals surface area contributed by atoms with Crippen LogP contribution in [-0.2, 0) is 0 Å². The number of phenolic OH excluding ortho intramolecular Hbond substituents is 1. The average molecular weight is 333 g/mol. The highest BCUT2D eigenvalue weighted by molar-refractivity contribution is 5.91. The van der Waals surface area contributed by atoms with Crippen LogP contribution < -0.4 is 4.90 Å². The topological polar surface area (TPSA) is 49.2 Å². The van der Waals surface area contributed by atoms with Gasteiger partial charge in [-0.3, -0.25) is 0 Å². The van der Waals surface area contributed by atoms with Crippen molar-refractivity contribution in [3.8, 4) is 17.1 Å². The molecule has 4 nitrogen and oxygen atoms in total. The van der Waals surface area contributed by atoms with E-state index in [4.69, 9.17) is 9.97 Å². The maximum Gasteiger partial charge on any atom is 0.165 e. The van der Waals surface area contributed by atoms with Crippen LogP contribution in [-0.4, -0.2) is 28.2 Å². The van der Waals surface area contributed by atoms with Gasteiger partial charge in [-0.05, 0) is 42.5 Å². The Labute approximate surface area is 148 Å². The van der Waals surface area contributed by atoms with Gasteiger partial charge in [0.05, 0.1) is 11.1 Å². The molecule has 2 atom stereocenters. The Hall–Kier alpha value is -2.62. The number of hydrogen-bond donors (Lipinski definition) is 1. The number of benzene rings is 2. The Morgan fingerprint density at radius 3 is 2.36 bits per heavy atom. The maximum atomic E-state index is 10.2. The van der Waals surface area contributed by atoms with Crippen molar-refractivity contribution < 1.29 is 5.11 Å². The molecule has 1 aromatic heterocycles. The van der Waals surface area contributed by atoms with Gasteiger partial charge < -0.3 is 10.0 Å². The first-order valence-corrected chi connectivity index (χ1v) is 8.92. The predicted molar refractivity (Wildman–Crippen MR) is 102 cm³/mol. The molecular formula is C21H23N3O. The molecule has 128 valence electrons. The van der Waals surface area contributed by atoms with E-state index >= 15 is 0 Å². The number of phenols is 1. The minimum absolute atomic E-state index is 0.212. The summed E-state index contributed by atoms with van der Waals surface area (Å²) < 4.78 is 0. The highest BCUT2D eigenvalue weighted by atomic mass is 16.3. The highest BCUT2D eigenvalue weighted by Gasteiger charge is 2.25. The molecule has 3 aromatic rings. The third-order valence-corrected chi connectivity index (χ3v) is 4.90. The van der Waals surface area contributed by atoms with Crippen molar-refractivity contribution in [3.63, 3.8) is 0 Å². The molecule has 1 N–H and O–H groups in total. The number of anilines is 1. The van der Waals surface area contributed by atoms with Crippen LogP contribution in [0.4, 0.5) is 5.82 Å². The largest absolute Gasteiger partial charge is 0.507 e. The Morgan fingerprint density at radius 1 is 0.920 bits per heavy atom. The van der Waals surface area contributed by atoms with Crippen molar-refractivity contribution >= 4 is 16.7 Å². The molecule has 25 heavy (non-hydrogen) atoms. The van der Waals surface area contributed by atoms with E-state index < -0.39 is 0 Å². The summed E-state index contributed by atoms with van der Waals surface area (Å²) in [5.74, 6) is 3.06. The van der Waals surface area contributed by atoms with Crippen molar-refractivity contribution in [2.75, 3.05) is 18.0 Å². The fourth-order valence-corrected chi connectivity index (χ4v) is 3.92. The molecule has 0 saturated carbocycles. The smallest absolute Gasteiger partial charge is 0.165 e. The van der Waals surface area contributed by atoms with Gasteiger partial charge in [-0.15, -0.1) is 0 Å². The molecule has 0 aliphatic carbocycles. The second kappa shape index (κ2) is 6.36. The summed E-state index contributed by atoms with van der Waals surface area (Å²) in [4.78, 5) is 12.0. The third-order valence-electron chi connectivity index (χ3n) is 4.90. The molecule has 4 heteroatoms. The fourth-order valence-electron chi connectivity index (χ4n) is 3.92. The van der Waals surface area contributed by atoms with Crippen LogP contribution in [0.1, 0.15) is 20.3 Å². The molecular weight excluding hydrogens is 310 g/mol. The van der Waals surface area contributed by atoms with Crippen LogP contribution in [0.25, 0.3) is 22.3 Å². The maximum absolute atomic E-state index is 10.2. The first kappa shape index (κ1) is 15.9. The first-order valence-electron chi connectivity index (χ1n) is 8.92. The number of para-hydroxylation sites is 2. The SMILES string of the molecule is C[C@H]1C[C@H](C)CN(c2nc(-c3ccccc3O)nc3ccccc23)C1. The minimum Gasteiger partial charge on any atom is -0.507 e. The average Bonchev–Trinajstić information content (AvgIpc) is 2.60. The van der Waals surface area contributed by atoms with Crippen molar-refractivity contribution in [3.05, 3.63) is 48.5 Å². The standard InChI is InChI=1S/C21H23N3O/c1-14-11-15(2)13-24(12-14)21-16-7-3-5-9-18(16)22-20(23-21)17-8-4-6-10-19(17)25/h3-10,14-15,25H,11-13H2,1-2H3/t14-,15-/m0/s1. The van der Waals surface area contributed by atoms with Gasteiger partial charge in [-0.2, -0.15) is 0 Å². The molecule has 0 bridgehead atoms.